The van der Waals surface area contributed by atoms with Crippen LogP contribution in [0.4, 0.5) is 0 Å². The molecule has 7 aromatic carbocycles. The van der Waals surface area contributed by atoms with Crippen molar-refractivity contribution >= 4 is 21.9 Å². The van der Waals surface area contributed by atoms with Crippen LogP contribution in [0.3, 0.4) is 0 Å². The summed E-state index contributed by atoms with van der Waals surface area (Å²) in [6, 6.07) is 56.2. The summed E-state index contributed by atoms with van der Waals surface area (Å²) < 4.78 is 12.5. The molecule has 9 aromatic rings. The van der Waals surface area contributed by atoms with Gasteiger partial charge in [0, 0.05) is 27.5 Å². The molecule has 5 heteroatoms. The monoisotopic (exact) mass is 655 g/mol. The zero-order valence-electron chi connectivity index (χ0n) is 27.5. The van der Waals surface area contributed by atoms with Crippen molar-refractivity contribution < 1.29 is 9.15 Å². The Kier molecular flexibility index (Phi) is 6.81. The van der Waals surface area contributed by atoms with Gasteiger partial charge in [0.25, 0.3) is 0 Å². The van der Waals surface area contributed by atoms with Crippen LogP contribution in [0.1, 0.15) is 5.56 Å². The number of nitrogens with zero attached hydrogens (tertiary/aromatic N) is 3. The van der Waals surface area contributed by atoms with Crippen LogP contribution in [-0.2, 0) is 6.61 Å². The van der Waals surface area contributed by atoms with E-state index in [1.807, 2.05) is 48.5 Å². The van der Waals surface area contributed by atoms with Crippen molar-refractivity contribution in [2.24, 2.45) is 0 Å². The number of para-hydroxylation sites is 3. The first-order valence-corrected chi connectivity index (χ1v) is 17.0. The van der Waals surface area contributed by atoms with Crippen molar-refractivity contribution in [2.45, 2.75) is 6.61 Å². The number of ether oxygens (including phenoxy) is 1. The van der Waals surface area contributed by atoms with E-state index < -0.39 is 0 Å². The number of furan rings is 1. The summed E-state index contributed by atoms with van der Waals surface area (Å²) in [6.07, 6.45) is 0. The Balaban J connectivity index is 1.12. The van der Waals surface area contributed by atoms with E-state index >= 15 is 0 Å². The van der Waals surface area contributed by atoms with Gasteiger partial charge in [-0.15, -0.1) is 0 Å². The Bertz CT molecular complexity index is 2750. The van der Waals surface area contributed by atoms with Crippen LogP contribution in [0.15, 0.2) is 168 Å². The second-order valence-electron chi connectivity index (χ2n) is 12.7. The molecule has 0 saturated carbocycles. The van der Waals surface area contributed by atoms with Gasteiger partial charge in [-0.25, -0.2) is 15.0 Å². The summed E-state index contributed by atoms with van der Waals surface area (Å²) in [7, 11) is 0. The lowest BCUT2D eigenvalue weighted by Gasteiger charge is -2.23. The Labute approximate surface area is 294 Å². The normalized spacial score (nSPS) is 12.0. The first kappa shape index (κ1) is 29.1. The Morgan fingerprint density at radius 3 is 1.94 bits per heavy atom. The molecule has 3 heterocycles. The van der Waals surface area contributed by atoms with E-state index in [9.17, 15) is 0 Å². The highest BCUT2D eigenvalue weighted by molar-refractivity contribution is 6.09. The van der Waals surface area contributed by atoms with Crippen molar-refractivity contribution in [3.8, 4) is 73.3 Å². The quantitative estimate of drug-likeness (QED) is 0.185. The molecular weight excluding hydrogens is 627 g/mol. The van der Waals surface area contributed by atoms with Crippen molar-refractivity contribution in [3.05, 3.63) is 169 Å². The molecule has 1 aliphatic heterocycles. The zero-order chi connectivity index (χ0) is 33.7. The first-order chi connectivity index (χ1) is 25.3. The molecule has 5 nitrogen and oxygen atoms in total. The molecule has 0 N–H and O–H groups in total. The molecule has 10 rings (SSSR count). The van der Waals surface area contributed by atoms with Crippen LogP contribution < -0.4 is 4.74 Å². The van der Waals surface area contributed by atoms with Gasteiger partial charge in [-0.05, 0) is 57.6 Å². The molecular formula is C46H29N3O2. The lowest BCUT2D eigenvalue weighted by molar-refractivity contribution is 0.302. The minimum absolute atomic E-state index is 0.554. The number of benzene rings is 7. The van der Waals surface area contributed by atoms with Crippen LogP contribution in [0.2, 0.25) is 0 Å². The fourth-order valence-electron chi connectivity index (χ4n) is 7.18. The molecule has 240 valence electrons. The molecule has 0 unspecified atom stereocenters. The molecule has 0 saturated heterocycles. The van der Waals surface area contributed by atoms with E-state index in [0.717, 1.165) is 66.6 Å². The summed E-state index contributed by atoms with van der Waals surface area (Å²) in [5, 5.41) is 2.09. The summed E-state index contributed by atoms with van der Waals surface area (Å²) in [5.41, 5.74) is 12.2. The second kappa shape index (κ2) is 11.9. The Hall–Kier alpha value is -6.85. The predicted octanol–water partition coefficient (Wildman–Crippen LogP) is 11.7. The maximum absolute atomic E-state index is 6.43. The smallest absolute Gasteiger partial charge is 0.167 e. The minimum Gasteiger partial charge on any atom is -0.488 e. The molecule has 0 amide bonds. The molecule has 0 spiro atoms. The lowest BCUT2D eigenvalue weighted by Crippen LogP contribution is -2.06. The van der Waals surface area contributed by atoms with Crippen molar-refractivity contribution in [2.75, 3.05) is 0 Å². The van der Waals surface area contributed by atoms with Gasteiger partial charge in [0.15, 0.2) is 17.5 Å². The van der Waals surface area contributed by atoms with E-state index in [1.54, 1.807) is 0 Å². The average Bonchev–Trinajstić information content (AvgIpc) is 3.60. The van der Waals surface area contributed by atoms with Crippen LogP contribution >= 0.6 is 0 Å². The lowest BCUT2D eigenvalue weighted by atomic mass is 9.89. The predicted molar refractivity (Wildman–Crippen MR) is 204 cm³/mol. The summed E-state index contributed by atoms with van der Waals surface area (Å²) in [4.78, 5) is 15.3. The maximum Gasteiger partial charge on any atom is 0.167 e. The third kappa shape index (κ3) is 5.06. The molecule has 0 aliphatic carbocycles. The van der Waals surface area contributed by atoms with Crippen LogP contribution in [0.5, 0.6) is 5.75 Å². The highest BCUT2D eigenvalue weighted by Gasteiger charge is 2.21. The molecule has 1 aliphatic rings. The number of hydrogen-bond acceptors (Lipinski definition) is 5. The first-order valence-electron chi connectivity index (χ1n) is 17.0. The summed E-state index contributed by atoms with van der Waals surface area (Å²) in [6.45, 7) is 0.554. The largest absolute Gasteiger partial charge is 0.488 e. The third-order valence-corrected chi connectivity index (χ3v) is 9.65. The molecule has 0 radical (unpaired) electrons. The van der Waals surface area contributed by atoms with Gasteiger partial charge in [-0.3, -0.25) is 0 Å². The number of aromatic nitrogens is 3. The van der Waals surface area contributed by atoms with Crippen LogP contribution in [-0.4, -0.2) is 15.0 Å². The van der Waals surface area contributed by atoms with Gasteiger partial charge in [0.2, 0.25) is 0 Å². The van der Waals surface area contributed by atoms with Gasteiger partial charge < -0.3 is 9.15 Å². The van der Waals surface area contributed by atoms with Crippen LogP contribution in [0, 0.1) is 0 Å². The molecule has 0 fully saturated rings. The molecule has 2 aromatic heterocycles. The Morgan fingerprint density at radius 1 is 0.412 bits per heavy atom. The van der Waals surface area contributed by atoms with Crippen LogP contribution in [0.25, 0.3) is 89.5 Å². The fourth-order valence-corrected chi connectivity index (χ4v) is 7.18. The van der Waals surface area contributed by atoms with Gasteiger partial charge in [-0.2, -0.15) is 0 Å². The maximum atomic E-state index is 6.43. The fraction of sp³-hybridized carbons (Fsp3) is 0.0217. The van der Waals surface area contributed by atoms with E-state index in [0.29, 0.717) is 24.1 Å². The van der Waals surface area contributed by atoms with E-state index in [4.69, 9.17) is 24.1 Å². The van der Waals surface area contributed by atoms with E-state index in [2.05, 4.69) is 115 Å². The highest BCUT2D eigenvalue weighted by atomic mass is 16.5. The average molecular weight is 656 g/mol. The molecule has 0 atom stereocenters. The van der Waals surface area contributed by atoms with Gasteiger partial charge in [0.05, 0.1) is 5.56 Å². The van der Waals surface area contributed by atoms with Gasteiger partial charge in [-0.1, -0.05) is 140 Å². The van der Waals surface area contributed by atoms with E-state index in [-0.39, 0.29) is 0 Å². The Morgan fingerprint density at radius 2 is 1.04 bits per heavy atom. The van der Waals surface area contributed by atoms with Crippen molar-refractivity contribution in [1.29, 1.82) is 0 Å². The number of rotatable bonds is 5. The SMILES string of the molecule is c1ccc(-c2cccc(-c3nc(-c4ccc(-c5cccc6c5-c5ccccc5OC6)cc4)nc(-c4cccc5c4oc4ccccc45)n3)c2)cc1. The topological polar surface area (TPSA) is 61.0 Å². The van der Waals surface area contributed by atoms with E-state index in [1.165, 1.54) is 16.7 Å². The number of fused-ring (bicyclic) bond motifs is 6. The molecule has 51 heavy (non-hydrogen) atoms. The second-order valence-corrected chi connectivity index (χ2v) is 12.7. The molecule has 0 bridgehead atoms. The van der Waals surface area contributed by atoms with Gasteiger partial charge >= 0.3 is 0 Å². The standard InChI is InChI=1S/C46H29N3O2/c1-2-11-29(12-3-1)32-13-8-14-33(27-32)45-47-44(48-46(49-45)39-20-10-19-37-36-16-4-7-22-41(36)51-43(37)39)31-25-23-30(24-26-31)35-18-9-15-34-28-50-40-21-6-5-17-38(40)42(34)35/h1-27H,28H2. The zero-order valence-corrected chi connectivity index (χ0v) is 27.5. The third-order valence-electron chi connectivity index (χ3n) is 9.65. The van der Waals surface area contributed by atoms with Gasteiger partial charge in [0.1, 0.15) is 23.5 Å². The minimum atomic E-state index is 0.554. The summed E-state index contributed by atoms with van der Waals surface area (Å²) in [5.74, 6) is 2.66. The highest BCUT2D eigenvalue weighted by Crippen LogP contribution is 2.43. The van der Waals surface area contributed by atoms with Crippen molar-refractivity contribution in [3.63, 3.8) is 0 Å². The van der Waals surface area contributed by atoms with Crippen molar-refractivity contribution in [1.82, 2.24) is 15.0 Å². The summed E-state index contributed by atoms with van der Waals surface area (Å²) >= 11 is 0. The number of hydrogen-bond donors (Lipinski definition) is 0.